The Morgan fingerprint density at radius 1 is 1.16 bits per heavy atom. The van der Waals surface area contributed by atoms with Gasteiger partial charge >= 0.3 is 0 Å². The highest BCUT2D eigenvalue weighted by Crippen LogP contribution is 2.17. The van der Waals surface area contributed by atoms with Crippen molar-refractivity contribution in [2.45, 2.75) is 19.4 Å². The number of halogens is 2. The molecule has 0 spiro atoms. The summed E-state index contributed by atoms with van der Waals surface area (Å²) in [6.45, 7) is 0.400. The van der Waals surface area contributed by atoms with Gasteiger partial charge in [-0.25, -0.2) is 9.07 Å². The van der Waals surface area contributed by atoms with Crippen molar-refractivity contribution in [2.24, 2.45) is 0 Å². The van der Waals surface area contributed by atoms with Crippen molar-refractivity contribution in [1.29, 1.82) is 0 Å². The van der Waals surface area contributed by atoms with Crippen LogP contribution in [0.15, 0.2) is 65.4 Å². The number of rotatable bonds is 6. The number of aromatic nitrogens is 2. The molecule has 0 atom stereocenters. The number of hydrogen-bond donors (Lipinski definition) is 1. The van der Waals surface area contributed by atoms with E-state index in [1.807, 2.05) is 36.5 Å². The summed E-state index contributed by atoms with van der Waals surface area (Å²) in [6, 6.07) is 14.5. The van der Waals surface area contributed by atoms with Gasteiger partial charge in [0.05, 0.1) is 5.69 Å². The van der Waals surface area contributed by atoms with E-state index in [0.717, 1.165) is 11.3 Å². The van der Waals surface area contributed by atoms with Gasteiger partial charge in [-0.1, -0.05) is 40.2 Å². The number of carbonyl (C=O) groups excluding carboxylic acids is 1. The number of nitrogens with one attached hydrogen (secondary N) is 1. The monoisotopic (exact) mass is 401 g/mol. The number of amides is 1. The van der Waals surface area contributed by atoms with Crippen molar-refractivity contribution in [1.82, 2.24) is 15.1 Å². The smallest absolute Gasteiger partial charge is 0.220 e. The summed E-state index contributed by atoms with van der Waals surface area (Å²) >= 11 is 3.22. The van der Waals surface area contributed by atoms with Gasteiger partial charge in [0, 0.05) is 29.8 Å². The quantitative estimate of drug-likeness (QED) is 0.677. The van der Waals surface area contributed by atoms with Crippen molar-refractivity contribution in [2.75, 3.05) is 0 Å². The van der Waals surface area contributed by atoms with E-state index >= 15 is 0 Å². The zero-order chi connectivity index (χ0) is 17.6. The number of carbonyl (C=O) groups is 1. The van der Waals surface area contributed by atoms with Gasteiger partial charge in [0.1, 0.15) is 5.82 Å². The van der Waals surface area contributed by atoms with Crippen molar-refractivity contribution in [3.63, 3.8) is 0 Å². The van der Waals surface area contributed by atoms with E-state index in [1.165, 1.54) is 6.07 Å². The first-order valence-corrected chi connectivity index (χ1v) is 8.71. The number of aryl methyl sites for hydroxylation is 1. The third-order valence-electron chi connectivity index (χ3n) is 3.86. The second kappa shape index (κ2) is 8.07. The van der Waals surface area contributed by atoms with Crippen LogP contribution in [-0.2, 0) is 17.8 Å². The van der Waals surface area contributed by atoms with Gasteiger partial charge in [0.2, 0.25) is 5.91 Å². The zero-order valence-corrected chi connectivity index (χ0v) is 15.0. The van der Waals surface area contributed by atoms with Crippen LogP contribution in [0.4, 0.5) is 4.39 Å². The van der Waals surface area contributed by atoms with Gasteiger partial charge in [0.25, 0.3) is 0 Å². The lowest BCUT2D eigenvalue weighted by molar-refractivity contribution is -0.121. The summed E-state index contributed by atoms with van der Waals surface area (Å²) in [5.41, 5.74) is 2.43. The molecule has 3 aromatic rings. The van der Waals surface area contributed by atoms with Crippen LogP contribution >= 0.6 is 15.9 Å². The molecule has 4 nitrogen and oxygen atoms in total. The Labute approximate surface area is 153 Å². The lowest BCUT2D eigenvalue weighted by atomic mass is 10.1. The van der Waals surface area contributed by atoms with Crippen LogP contribution in [0.2, 0.25) is 0 Å². The van der Waals surface area contributed by atoms with Crippen LogP contribution in [0.25, 0.3) is 5.69 Å². The van der Waals surface area contributed by atoms with Crippen LogP contribution in [0, 0.1) is 5.82 Å². The van der Waals surface area contributed by atoms with E-state index in [4.69, 9.17) is 0 Å². The Hall–Kier alpha value is -2.47. The fourth-order valence-electron chi connectivity index (χ4n) is 2.55. The van der Waals surface area contributed by atoms with Crippen LogP contribution < -0.4 is 5.32 Å². The maximum atomic E-state index is 13.8. The summed E-state index contributed by atoms with van der Waals surface area (Å²) in [6.07, 6.45) is 4.17. The second-order valence-corrected chi connectivity index (χ2v) is 6.51. The molecule has 0 saturated carbocycles. The minimum absolute atomic E-state index is 0.113. The third kappa shape index (κ3) is 4.54. The predicted octanol–water partition coefficient (Wildman–Crippen LogP) is 4.02. The number of para-hydroxylation sites is 1. The Morgan fingerprint density at radius 3 is 2.76 bits per heavy atom. The maximum Gasteiger partial charge on any atom is 0.220 e. The molecule has 1 aromatic heterocycles. The van der Waals surface area contributed by atoms with Crippen LogP contribution in [-0.4, -0.2) is 15.7 Å². The molecule has 0 saturated heterocycles. The minimum atomic E-state index is -0.300. The number of nitrogens with zero attached hydrogens (tertiary/aromatic N) is 2. The molecule has 0 fully saturated rings. The zero-order valence-electron chi connectivity index (χ0n) is 13.5. The second-order valence-electron chi connectivity index (χ2n) is 5.59. The van der Waals surface area contributed by atoms with Gasteiger partial charge in [0.15, 0.2) is 0 Å². The molecule has 25 heavy (non-hydrogen) atoms. The lowest BCUT2D eigenvalue weighted by Crippen LogP contribution is -2.24. The van der Waals surface area contributed by atoms with Crippen molar-refractivity contribution < 1.29 is 9.18 Å². The molecule has 1 heterocycles. The highest BCUT2D eigenvalue weighted by atomic mass is 79.9. The minimum Gasteiger partial charge on any atom is -0.352 e. The van der Waals surface area contributed by atoms with Crippen LogP contribution in [0.1, 0.15) is 17.5 Å². The highest BCUT2D eigenvalue weighted by Gasteiger charge is 2.09. The lowest BCUT2D eigenvalue weighted by Gasteiger charge is -2.11. The molecule has 6 heteroatoms. The third-order valence-corrected chi connectivity index (χ3v) is 4.35. The molecule has 1 amide bonds. The molecule has 1 N–H and O–H groups in total. The number of hydrogen-bond acceptors (Lipinski definition) is 2. The molecule has 0 aliphatic rings. The average molecular weight is 402 g/mol. The summed E-state index contributed by atoms with van der Waals surface area (Å²) in [7, 11) is 0. The molecule has 0 radical (unpaired) electrons. The van der Waals surface area contributed by atoms with E-state index in [1.54, 1.807) is 23.0 Å². The fourth-order valence-corrected chi connectivity index (χ4v) is 2.88. The van der Waals surface area contributed by atoms with Gasteiger partial charge < -0.3 is 5.32 Å². The Bertz CT molecular complexity index is 865. The van der Waals surface area contributed by atoms with E-state index in [9.17, 15) is 9.18 Å². The molecular formula is C19H17BrFN3O. The van der Waals surface area contributed by atoms with Crippen molar-refractivity contribution in [3.05, 3.63) is 82.3 Å². The first-order valence-electron chi connectivity index (χ1n) is 7.92. The molecule has 2 aromatic carbocycles. The van der Waals surface area contributed by atoms with Crippen LogP contribution in [0.3, 0.4) is 0 Å². The fraction of sp³-hybridized carbons (Fsp3) is 0.158. The van der Waals surface area contributed by atoms with E-state index < -0.39 is 0 Å². The predicted molar refractivity (Wildman–Crippen MR) is 97.8 cm³/mol. The molecule has 0 unspecified atom stereocenters. The van der Waals surface area contributed by atoms with Gasteiger partial charge in [-0.3, -0.25) is 4.79 Å². The Balaban J connectivity index is 1.58. The summed E-state index contributed by atoms with van der Waals surface area (Å²) in [5, 5.41) is 7.12. The van der Waals surface area contributed by atoms with E-state index in [0.29, 0.717) is 23.0 Å². The van der Waals surface area contributed by atoms with Gasteiger partial charge in [-0.2, -0.15) is 5.10 Å². The first kappa shape index (κ1) is 17.4. The molecule has 0 aliphatic heterocycles. The van der Waals surface area contributed by atoms with E-state index in [-0.39, 0.29) is 18.1 Å². The van der Waals surface area contributed by atoms with Gasteiger partial charge in [-0.05, 0) is 41.8 Å². The topological polar surface area (TPSA) is 46.9 Å². The SMILES string of the molecule is O=C(CCc1ccc(Br)cc1F)NCc1ccccc1-n1cccn1. The summed E-state index contributed by atoms with van der Waals surface area (Å²) in [5.74, 6) is -0.413. The largest absolute Gasteiger partial charge is 0.352 e. The van der Waals surface area contributed by atoms with Crippen molar-refractivity contribution >= 4 is 21.8 Å². The van der Waals surface area contributed by atoms with Gasteiger partial charge in [-0.15, -0.1) is 0 Å². The molecular weight excluding hydrogens is 385 g/mol. The van der Waals surface area contributed by atoms with E-state index in [2.05, 4.69) is 26.3 Å². The standard InChI is InChI=1S/C19H17BrFN3O/c20-16-8-6-14(17(21)12-16)7-9-19(25)22-13-15-4-1-2-5-18(15)24-11-3-10-23-24/h1-6,8,10-12H,7,9,13H2,(H,22,25). The Morgan fingerprint density at radius 2 is 2.00 bits per heavy atom. The highest BCUT2D eigenvalue weighted by molar-refractivity contribution is 9.10. The average Bonchev–Trinajstić information content (AvgIpc) is 3.14. The molecule has 3 rings (SSSR count). The number of benzene rings is 2. The van der Waals surface area contributed by atoms with Crippen molar-refractivity contribution in [3.8, 4) is 5.69 Å². The molecule has 0 aliphatic carbocycles. The molecule has 0 bridgehead atoms. The Kier molecular flexibility index (Phi) is 5.60. The normalized spacial score (nSPS) is 10.6. The molecule has 128 valence electrons. The first-order chi connectivity index (χ1) is 12.1. The van der Waals surface area contributed by atoms with Crippen LogP contribution in [0.5, 0.6) is 0 Å². The summed E-state index contributed by atoms with van der Waals surface area (Å²) in [4.78, 5) is 12.1. The maximum absolute atomic E-state index is 13.8. The summed E-state index contributed by atoms with van der Waals surface area (Å²) < 4.78 is 16.2.